The van der Waals surface area contributed by atoms with Gasteiger partial charge in [-0.1, -0.05) is 6.07 Å². The van der Waals surface area contributed by atoms with Gasteiger partial charge in [-0.2, -0.15) is 5.10 Å². The van der Waals surface area contributed by atoms with Gasteiger partial charge in [0.05, 0.1) is 24.8 Å². The van der Waals surface area contributed by atoms with Crippen LogP contribution in [0.3, 0.4) is 0 Å². The molecule has 0 bridgehead atoms. The van der Waals surface area contributed by atoms with Gasteiger partial charge < -0.3 is 9.30 Å². The molecule has 0 spiro atoms. The number of ether oxygens (including phenoxy) is 1. The molecule has 0 fully saturated rings. The van der Waals surface area contributed by atoms with Crippen LogP contribution in [0.1, 0.15) is 41.4 Å². The summed E-state index contributed by atoms with van der Waals surface area (Å²) in [6.07, 6.45) is 5.73. The van der Waals surface area contributed by atoms with Crippen molar-refractivity contribution in [2.45, 2.75) is 39.2 Å². The molecule has 6 nitrogen and oxygen atoms in total. The van der Waals surface area contributed by atoms with Gasteiger partial charge in [-0.3, -0.25) is 0 Å². The van der Waals surface area contributed by atoms with Crippen LogP contribution in [-0.4, -0.2) is 31.4 Å². The monoisotopic (exact) mass is 453 g/mol. The summed E-state index contributed by atoms with van der Waals surface area (Å²) in [5.41, 5.74) is 4.82. The van der Waals surface area contributed by atoms with E-state index in [-0.39, 0.29) is 24.1 Å². The third kappa shape index (κ3) is 3.88. The zero-order valence-electron chi connectivity index (χ0n) is 18.2. The molecule has 2 aromatic carbocycles. The van der Waals surface area contributed by atoms with Gasteiger partial charge in [0.1, 0.15) is 17.4 Å². The van der Waals surface area contributed by atoms with Gasteiger partial charge in [-0.15, -0.1) is 12.4 Å². The maximum absolute atomic E-state index is 13.6. The first-order chi connectivity index (χ1) is 15.0. The van der Waals surface area contributed by atoms with Crippen LogP contribution in [0.15, 0.2) is 48.9 Å². The number of aryl methyl sites for hydroxylation is 3. The van der Waals surface area contributed by atoms with Gasteiger partial charge in [0.15, 0.2) is 5.82 Å². The Morgan fingerprint density at radius 1 is 1.12 bits per heavy atom. The molecule has 166 valence electrons. The Hall–Kier alpha value is -3.19. The van der Waals surface area contributed by atoms with E-state index in [2.05, 4.69) is 4.98 Å². The van der Waals surface area contributed by atoms with Gasteiger partial charge in [-0.05, 0) is 68.1 Å². The number of halogens is 2. The highest BCUT2D eigenvalue weighted by Crippen LogP contribution is 2.36. The number of imidazole rings is 1. The molecule has 1 atom stereocenters. The molecule has 0 radical (unpaired) electrons. The maximum atomic E-state index is 13.6. The zero-order valence-corrected chi connectivity index (χ0v) is 19.1. The second-order valence-electron chi connectivity index (χ2n) is 8.02. The van der Waals surface area contributed by atoms with E-state index in [0.717, 1.165) is 59.0 Å². The van der Waals surface area contributed by atoms with E-state index < -0.39 is 0 Å². The fourth-order valence-corrected chi connectivity index (χ4v) is 4.38. The van der Waals surface area contributed by atoms with Gasteiger partial charge in [-0.25, -0.2) is 19.0 Å². The van der Waals surface area contributed by atoms with Gasteiger partial charge >= 0.3 is 0 Å². The van der Waals surface area contributed by atoms with Crippen molar-refractivity contribution in [3.05, 3.63) is 77.4 Å². The first-order valence-corrected chi connectivity index (χ1v) is 10.4. The summed E-state index contributed by atoms with van der Waals surface area (Å²) in [4.78, 5) is 9.21. The van der Waals surface area contributed by atoms with Crippen molar-refractivity contribution in [1.29, 1.82) is 0 Å². The fourth-order valence-electron chi connectivity index (χ4n) is 4.38. The second-order valence-corrected chi connectivity index (χ2v) is 8.02. The Morgan fingerprint density at radius 3 is 2.69 bits per heavy atom. The molecule has 8 heteroatoms. The summed E-state index contributed by atoms with van der Waals surface area (Å²) in [5, 5.41) is 4.78. The number of aromatic nitrogens is 5. The van der Waals surface area contributed by atoms with Crippen molar-refractivity contribution in [2.24, 2.45) is 0 Å². The lowest BCUT2D eigenvalue weighted by Crippen LogP contribution is -2.18. The molecule has 5 rings (SSSR count). The molecule has 0 N–H and O–H groups in total. The van der Waals surface area contributed by atoms with Crippen LogP contribution < -0.4 is 4.74 Å². The minimum Gasteiger partial charge on any atom is -0.495 e. The van der Waals surface area contributed by atoms with Crippen LogP contribution in [0.25, 0.3) is 17.1 Å². The Kier molecular flexibility index (Phi) is 6.02. The van der Waals surface area contributed by atoms with Crippen molar-refractivity contribution >= 4 is 12.4 Å². The number of rotatable bonds is 4. The lowest BCUT2D eigenvalue weighted by molar-refractivity contribution is 0.413. The molecule has 3 heterocycles. The van der Waals surface area contributed by atoms with Crippen LogP contribution in [0.5, 0.6) is 5.75 Å². The largest absolute Gasteiger partial charge is 0.495 e. The van der Waals surface area contributed by atoms with Gasteiger partial charge in [0.2, 0.25) is 0 Å². The summed E-state index contributed by atoms with van der Waals surface area (Å²) in [6.45, 7) is 4.74. The van der Waals surface area contributed by atoms with Crippen molar-refractivity contribution in [3.63, 3.8) is 0 Å². The predicted molar refractivity (Wildman–Crippen MR) is 123 cm³/mol. The van der Waals surface area contributed by atoms with Crippen LogP contribution in [0, 0.1) is 19.7 Å². The van der Waals surface area contributed by atoms with E-state index >= 15 is 0 Å². The molecule has 0 unspecified atom stereocenters. The third-order valence-electron chi connectivity index (χ3n) is 5.91. The van der Waals surface area contributed by atoms with Crippen LogP contribution in [0.2, 0.25) is 0 Å². The molecule has 1 aliphatic rings. The summed E-state index contributed by atoms with van der Waals surface area (Å²) in [5.74, 6) is 2.25. The lowest BCUT2D eigenvalue weighted by atomic mass is 9.88. The first-order valence-electron chi connectivity index (χ1n) is 10.4. The second kappa shape index (κ2) is 8.74. The standard InChI is InChI=1S/C24H24FN5O.ClH/c1-15-11-18(25)7-8-19(15)20-5-4-10-30-24(20)27-23(28-30)17-6-9-21(22(12-17)31-3)29-13-16(2)26-14-29;/h6-9,11-14,20H,4-5,10H2,1-3H3;1H/t20-;/m1./s1. The number of hydrogen-bond donors (Lipinski definition) is 0. The number of nitrogens with zero attached hydrogens (tertiary/aromatic N) is 5. The quantitative estimate of drug-likeness (QED) is 0.424. The molecule has 4 aromatic rings. The van der Waals surface area contributed by atoms with Crippen molar-refractivity contribution in [2.75, 3.05) is 7.11 Å². The first kappa shape index (κ1) is 22.0. The fraction of sp³-hybridized carbons (Fsp3) is 0.292. The van der Waals surface area contributed by atoms with Crippen molar-refractivity contribution in [3.8, 4) is 22.8 Å². The normalized spacial score (nSPS) is 15.2. The highest BCUT2D eigenvalue weighted by atomic mass is 35.5. The average molecular weight is 454 g/mol. The average Bonchev–Trinajstić information content (AvgIpc) is 3.39. The molecular weight excluding hydrogens is 429 g/mol. The van der Waals surface area contributed by atoms with Crippen LogP contribution in [-0.2, 0) is 6.54 Å². The number of methoxy groups -OCH3 is 1. The highest BCUT2D eigenvalue weighted by molar-refractivity contribution is 5.85. The zero-order chi connectivity index (χ0) is 21.5. The molecule has 0 saturated carbocycles. The summed E-state index contributed by atoms with van der Waals surface area (Å²) >= 11 is 0. The SMILES string of the molecule is COc1cc(-c2nc3n(n2)CCC[C@@H]3c2ccc(F)cc2C)ccc1-n1cnc(C)c1.Cl. The van der Waals surface area contributed by atoms with Gasteiger partial charge in [0.25, 0.3) is 0 Å². The molecule has 0 amide bonds. The maximum Gasteiger partial charge on any atom is 0.181 e. The molecule has 0 aliphatic carbocycles. The third-order valence-corrected chi connectivity index (χ3v) is 5.91. The molecular formula is C24H25ClFN5O. The number of benzene rings is 2. The number of hydrogen-bond acceptors (Lipinski definition) is 4. The smallest absolute Gasteiger partial charge is 0.181 e. The van der Waals surface area contributed by atoms with Crippen molar-refractivity contribution in [1.82, 2.24) is 24.3 Å². The number of fused-ring (bicyclic) bond motifs is 1. The Morgan fingerprint density at radius 2 is 1.97 bits per heavy atom. The molecule has 2 aromatic heterocycles. The minimum atomic E-state index is -0.209. The highest BCUT2D eigenvalue weighted by Gasteiger charge is 2.27. The molecule has 32 heavy (non-hydrogen) atoms. The van der Waals surface area contributed by atoms with E-state index in [4.69, 9.17) is 14.8 Å². The summed E-state index contributed by atoms with van der Waals surface area (Å²) < 4.78 is 23.2. The Labute approximate surface area is 192 Å². The molecule has 1 aliphatic heterocycles. The molecule has 0 saturated heterocycles. The summed E-state index contributed by atoms with van der Waals surface area (Å²) in [6, 6.07) is 11.0. The van der Waals surface area contributed by atoms with Crippen molar-refractivity contribution < 1.29 is 9.13 Å². The van der Waals surface area contributed by atoms with E-state index in [0.29, 0.717) is 5.82 Å². The van der Waals surface area contributed by atoms with Crippen LogP contribution >= 0.6 is 12.4 Å². The van der Waals surface area contributed by atoms with Gasteiger partial charge in [0, 0.05) is 24.2 Å². The van der Waals surface area contributed by atoms with E-state index in [1.807, 2.05) is 53.6 Å². The van der Waals surface area contributed by atoms with E-state index in [1.54, 1.807) is 19.5 Å². The van der Waals surface area contributed by atoms with Crippen LogP contribution in [0.4, 0.5) is 4.39 Å². The Balaban J connectivity index is 0.00000245. The summed E-state index contributed by atoms with van der Waals surface area (Å²) in [7, 11) is 1.66. The Bertz CT molecular complexity index is 1270. The minimum absolute atomic E-state index is 0. The topological polar surface area (TPSA) is 57.8 Å². The predicted octanol–water partition coefficient (Wildman–Crippen LogP) is 5.24. The lowest BCUT2D eigenvalue weighted by Gasteiger charge is -2.23. The van der Waals surface area contributed by atoms with E-state index in [1.165, 1.54) is 6.07 Å². The van der Waals surface area contributed by atoms with E-state index in [9.17, 15) is 4.39 Å².